The molecule has 0 amide bonds. The zero-order chi connectivity index (χ0) is 17.1. The number of methoxy groups -OCH3 is 1. The number of carbonyl (C=O) groups is 1. The van der Waals surface area contributed by atoms with E-state index in [1.807, 2.05) is 24.3 Å². The standard InChI is InChI=1S/C16H13ClN4O3/c1-24-15-13(11-3-2-4-12(17)6-11)5-10(7-18-15)8-21-14(16(22)23)19-9-20-21/h2-7,9H,8H2,1H3,(H,22,23). The van der Waals surface area contributed by atoms with E-state index in [9.17, 15) is 4.79 Å². The van der Waals surface area contributed by atoms with Gasteiger partial charge in [0.2, 0.25) is 11.7 Å². The summed E-state index contributed by atoms with van der Waals surface area (Å²) in [4.78, 5) is 19.1. The fourth-order valence-electron chi connectivity index (χ4n) is 2.33. The van der Waals surface area contributed by atoms with Crippen LogP contribution in [0.15, 0.2) is 42.9 Å². The fourth-order valence-corrected chi connectivity index (χ4v) is 2.52. The summed E-state index contributed by atoms with van der Waals surface area (Å²) < 4.78 is 6.61. The van der Waals surface area contributed by atoms with Crippen molar-refractivity contribution < 1.29 is 14.6 Å². The molecular formula is C16H13ClN4O3. The van der Waals surface area contributed by atoms with E-state index in [-0.39, 0.29) is 12.4 Å². The Morgan fingerprint density at radius 2 is 2.17 bits per heavy atom. The third-order valence-corrected chi connectivity index (χ3v) is 3.61. The molecule has 0 radical (unpaired) electrons. The number of carboxylic acid groups (broad SMARTS) is 1. The molecule has 8 heteroatoms. The topological polar surface area (TPSA) is 90.1 Å². The molecule has 2 heterocycles. The van der Waals surface area contributed by atoms with Crippen LogP contribution in [0, 0.1) is 0 Å². The van der Waals surface area contributed by atoms with Crippen LogP contribution in [0.25, 0.3) is 11.1 Å². The Morgan fingerprint density at radius 1 is 1.33 bits per heavy atom. The summed E-state index contributed by atoms with van der Waals surface area (Å²) in [7, 11) is 1.54. The molecule has 2 aromatic heterocycles. The first-order valence-corrected chi connectivity index (χ1v) is 7.36. The Bertz CT molecular complexity index is 895. The molecule has 0 aliphatic heterocycles. The smallest absolute Gasteiger partial charge is 0.373 e. The maximum atomic E-state index is 11.1. The predicted octanol–water partition coefficient (Wildman–Crippen LogP) is 2.75. The number of rotatable bonds is 5. The van der Waals surface area contributed by atoms with Crippen LogP contribution in [0.5, 0.6) is 5.88 Å². The van der Waals surface area contributed by atoms with Gasteiger partial charge in [0.25, 0.3) is 0 Å². The van der Waals surface area contributed by atoms with E-state index >= 15 is 0 Å². The maximum absolute atomic E-state index is 11.1. The lowest BCUT2D eigenvalue weighted by Crippen LogP contribution is -2.12. The van der Waals surface area contributed by atoms with Crippen LogP contribution in [-0.2, 0) is 6.54 Å². The zero-order valence-corrected chi connectivity index (χ0v) is 13.4. The van der Waals surface area contributed by atoms with Gasteiger partial charge < -0.3 is 9.84 Å². The van der Waals surface area contributed by atoms with E-state index in [4.69, 9.17) is 21.4 Å². The van der Waals surface area contributed by atoms with Gasteiger partial charge in [0, 0.05) is 16.8 Å². The molecule has 0 saturated carbocycles. The number of carboxylic acids is 1. The Morgan fingerprint density at radius 3 is 2.88 bits per heavy atom. The van der Waals surface area contributed by atoms with E-state index in [1.165, 1.54) is 18.1 Å². The third-order valence-electron chi connectivity index (χ3n) is 3.38. The number of ether oxygens (including phenoxy) is 1. The van der Waals surface area contributed by atoms with Gasteiger partial charge in [-0.1, -0.05) is 23.7 Å². The van der Waals surface area contributed by atoms with E-state index < -0.39 is 5.97 Å². The molecule has 0 saturated heterocycles. The molecule has 0 bridgehead atoms. The summed E-state index contributed by atoms with van der Waals surface area (Å²) in [6.07, 6.45) is 2.82. The van der Waals surface area contributed by atoms with E-state index in [0.29, 0.717) is 10.9 Å². The molecule has 122 valence electrons. The van der Waals surface area contributed by atoms with E-state index in [0.717, 1.165) is 16.7 Å². The first-order valence-electron chi connectivity index (χ1n) is 6.98. The summed E-state index contributed by atoms with van der Waals surface area (Å²) in [6, 6.07) is 9.19. The second-order valence-corrected chi connectivity index (χ2v) is 5.39. The number of pyridine rings is 1. The van der Waals surface area contributed by atoms with Gasteiger partial charge in [0.15, 0.2) is 0 Å². The lowest BCUT2D eigenvalue weighted by molar-refractivity contribution is 0.0677. The second kappa shape index (κ2) is 6.67. The molecule has 0 unspecified atom stereocenters. The fraction of sp³-hybridized carbons (Fsp3) is 0.125. The van der Waals surface area contributed by atoms with Crippen LogP contribution in [0.2, 0.25) is 5.02 Å². The Kier molecular flexibility index (Phi) is 4.43. The molecule has 0 atom stereocenters. The molecule has 3 rings (SSSR count). The van der Waals surface area contributed by atoms with Crippen LogP contribution in [0.3, 0.4) is 0 Å². The van der Waals surface area contributed by atoms with Crippen molar-refractivity contribution in [3.05, 3.63) is 59.3 Å². The highest BCUT2D eigenvalue weighted by Gasteiger charge is 2.14. The van der Waals surface area contributed by atoms with Gasteiger partial charge in [0.1, 0.15) is 6.33 Å². The number of aromatic carboxylic acids is 1. The molecule has 0 fully saturated rings. The van der Waals surface area contributed by atoms with Crippen LogP contribution in [-0.4, -0.2) is 37.9 Å². The van der Waals surface area contributed by atoms with Gasteiger partial charge in [-0.25, -0.2) is 19.4 Å². The maximum Gasteiger partial charge on any atom is 0.373 e. The number of hydrogen-bond donors (Lipinski definition) is 1. The average Bonchev–Trinajstić information content (AvgIpc) is 3.03. The normalized spacial score (nSPS) is 10.6. The molecule has 0 spiro atoms. The van der Waals surface area contributed by atoms with E-state index in [2.05, 4.69) is 15.1 Å². The van der Waals surface area contributed by atoms with Crippen molar-refractivity contribution in [2.24, 2.45) is 0 Å². The summed E-state index contributed by atoms with van der Waals surface area (Å²) in [5, 5.41) is 13.6. The molecule has 7 nitrogen and oxygen atoms in total. The SMILES string of the molecule is COc1ncc(Cn2ncnc2C(=O)O)cc1-c1cccc(Cl)c1. The van der Waals surface area contributed by atoms with Crippen molar-refractivity contribution in [2.45, 2.75) is 6.54 Å². The monoisotopic (exact) mass is 344 g/mol. The Hall–Kier alpha value is -2.93. The molecule has 0 aliphatic carbocycles. The highest BCUT2D eigenvalue weighted by atomic mass is 35.5. The molecule has 1 aromatic carbocycles. The lowest BCUT2D eigenvalue weighted by Gasteiger charge is -2.11. The zero-order valence-electron chi connectivity index (χ0n) is 12.7. The molecule has 0 aliphatic rings. The Balaban J connectivity index is 2.00. The minimum Gasteiger partial charge on any atom is -0.481 e. The average molecular weight is 345 g/mol. The van der Waals surface area contributed by atoms with Crippen LogP contribution < -0.4 is 4.74 Å². The van der Waals surface area contributed by atoms with Crippen molar-refractivity contribution >= 4 is 17.6 Å². The quantitative estimate of drug-likeness (QED) is 0.765. The first-order chi connectivity index (χ1) is 11.6. The summed E-state index contributed by atoms with van der Waals surface area (Å²) >= 11 is 6.05. The van der Waals surface area contributed by atoms with Crippen molar-refractivity contribution in [2.75, 3.05) is 7.11 Å². The number of aromatic nitrogens is 4. The predicted molar refractivity (Wildman–Crippen MR) is 87.3 cm³/mol. The second-order valence-electron chi connectivity index (χ2n) is 4.96. The number of hydrogen-bond acceptors (Lipinski definition) is 5. The largest absolute Gasteiger partial charge is 0.481 e. The van der Waals surface area contributed by atoms with Gasteiger partial charge in [-0.15, -0.1) is 0 Å². The van der Waals surface area contributed by atoms with Gasteiger partial charge in [0.05, 0.1) is 13.7 Å². The van der Waals surface area contributed by atoms with Gasteiger partial charge in [-0.3, -0.25) is 0 Å². The van der Waals surface area contributed by atoms with Gasteiger partial charge >= 0.3 is 5.97 Å². The minimum absolute atomic E-state index is 0.130. The molecule has 1 N–H and O–H groups in total. The van der Waals surface area contributed by atoms with Crippen molar-refractivity contribution in [1.29, 1.82) is 0 Å². The molecule has 24 heavy (non-hydrogen) atoms. The summed E-state index contributed by atoms with van der Waals surface area (Å²) in [5.74, 6) is -0.808. The van der Waals surface area contributed by atoms with Gasteiger partial charge in [-0.05, 0) is 29.3 Å². The van der Waals surface area contributed by atoms with Crippen LogP contribution in [0.1, 0.15) is 16.2 Å². The first kappa shape index (κ1) is 15.9. The molecular weight excluding hydrogens is 332 g/mol. The molecule has 3 aromatic rings. The van der Waals surface area contributed by atoms with Crippen molar-refractivity contribution in [3.8, 4) is 17.0 Å². The van der Waals surface area contributed by atoms with Crippen LogP contribution in [0.4, 0.5) is 0 Å². The third kappa shape index (κ3) is 3.21. The van der Waals surface area contributed by atoms with Crippen molar-refractivity contribution in [1.82, 2.24) is 19.7 Å². The van der Waals surface area contributed by atoms with E-state index in [1.54, 1.807) is 12.3 Å². The number of nitrogens with zero attached hydrogens (tertiary/aromatic N) is 4. The van der Waals surface area contributed by atoms with Gasteiger partial charge in [-0.2, -0.15) is 5.10 Å². The lowest BCUT2D eigenvalue weighted by atomic mass is 10.1. The highest BCUT2D eigenvalue weighted by Crippen LogP contribution is 2.30. The van der Waals surface area contributed by atoms with Crippen LogP contribution >= 0.6 is 11.6 Å². The number of benzene rings is 1. The highest BCUT2D eigenvalue weighted by molar-refractivity contribution is 6.30. The summed E-state index contributed by atoms with van der Waals surface area (Å²) in [6.45, 7) is 0.228. The summed E-state index contributed by atoms with van der Waals surface area (Å²) in [5.41, 5.74) is 2.37. The van der Waals surface area contributed by atoms with Crippen molar-refractivity contribution in [3.63, 3.8) is 0 Å². The minimum atomic E-state index is -1.14. The number of halogens is 1. The Labute approximate surface area is 142 Å².